The van der Waals surface area contributed by atoms with Gasteiger partial charge in [0.15, 0.2) is 11.5 Å². The first-order chi connectivity index (χ1) is 10.0. The maximum absolute atomic E-state index is 11.5. The molecule has 0 spiro atoms. The lowest BCUT2D eigenvalue weighted by molar-refractivity contribution is 0.238. The van der Waals surface area contributed by atoms with Gasteiger partial charge >= 0.3 is 6.03 Å². The molecule has 2 N–H and O–H groups in total. The highest BCUT2D eigenvalue weighted by Crippen LogP contribution is 2.38. The van der Waals surface area contributed by atoms with Gasteiger partial charge in [-0.15, -0.1) is 0 Å². The zero-order valence-electron chi connectivity index (χ0n) is 13.3. The van der Waals surface area contributed by atoms with Crippen molar-refractivity contribution in [3.05, 3.63) is 17.7 Å². The number of ether oxygens (including phenoxy) is 3. The fraction of sp³-hybridized carbons (Fsp3) is 0.533. The standard InChI is InChI=1S/C15H24N2O4/c1-10(2)17-15(18)16-7-6-11-8-12(19-3)14(21-5)13(9-11)20-4/h8-10H,6-7H2,1-5H3,(H2,16,17,18). The minimum Gasteiger partial charge on any atom is -0.493 e. The molecule has 1 aromatic carbocycles. The summed E-state index contributed by atoms with van der Waals surface area (Å²) in [5.74, 6) is 1.78. The molecule has 0 aliphatic carbocycles. The summed E-state index contributed by atoms with van der Waals surface area (Å²) >= 11 is 0. The number of methoxy groups -OCH3 is 3. The van der Waals surface area contributed by atoms with Gasteiger partial charge in [-0.1, -0.05) is 0 Å². The topological polar surface area (TPSA) is 68.8 Å². The largest absolute Gasteiger partial charge is 0.493 e. The Labute approximate surface area is 125 Å². The molecular formula is C15H24N2O4. The number of benzene rings is 1. The average Bonchev–Trinajstić information content (AvgIpc) is 2.45. The predicted molar refractivity (Wildman–Crippen MR) is 81.5 cm³/mol. The van der Waals surface area contributed by atoms with E-state index in [-0.39, 0.29) is 12.1 Å². The minimum atomic E-state index is -0.169. The van der Waals surface area contributed by atoms with E-state index in [0.29, 0.717) is 30.2 Å². The van der Waals surface area contributed by atoms with E-state index in [9.17, 15) is 4.79 Å². The van der Waals surface area contributed by atoms with Crippen LogP contribution < -0.4 is 24.8 Å². The van der Waals surface area contributed by atoms with Crippen molar-refractivity contribution >= 4 is 6.03 Å². The number of carbonyl (C=O) groups is 1. The highest BCUT2D eigenvalue weighted by atomic mass is 16.5. The molecule has 6 heteroatoms. The van der Waals surface area contributed by atoms with Crippen LogP contribution >= 0.6 is 0 Å². The zero-order valence-corrected chi connectivity index (χ0v) is 13.3. The van der Waals surface area contributed by atoms with Gasteiger partial charge in [0.05, 0.1) is 21.3 Å². The van der Waals surface area contributed by atoms with Gasteiger partial charge in [-0.05, 0) is 38.0 Å². The predicted octanol–water partition coefficient (Wildman–Crippen LogP) is 1.96. The molecule has 2 amide bonds. The molecule has 6 nitrogen and oxygen atoms in total. The molecule has 0 atom stereocenters. The fourth-order valence-electron chi connectivity index (χ4n) is 1.91. The Bertz CT molecular complexity index is 450. The van der Waals surface area contributed by atoms with Crippen LogP contribution in [0.2, 0.25) is 0 Å². The van der Waals surface area contributed by atoms with Gasteiger partial charge in [-0.3, -0.25) is 0 Å². The van der Waals surface area contributed by atoms with Crippen LogP contribution in [0, 0.1) is 0 Å². The number of hydrogen-bond acceptors (Lipinski definition) is 4. The number of urea groups is 1. The number of rotatable bonds is 7. The fourth-order valence-corrected chi connectivity index (χ4v) is 1.91. The normalized spacial score (nSPS) is 10.2. The Balaban J connectivity index is 2.69. The van der Waals surface area contributed by atoms with Crippen molar-refractivity contribution in [1.82, 2.24) is 10.6 Å². The number of nitrogens with one attached hydrogen (secondary N) is 2. The second-order valence-corrected chi connectivity index (χ2v) is 4.84. The maximum atomic E-state index is 11.5. The van der Waals surface area contributed by atoms with E-state index in [0.717, 1.165) is 5.56 Å². The quantitative estimate of drug-likeness (QED) is 0.807. The van der Waals surface area contributed by atoms with Gasteiger partial charge in [0.25, 0.3) is 0 Å². The first-order valence-corrected chi connectivity index (χ1v) is 6.85. The van der Waals surface area contributed by atoms with E-state index in [1.165, 1.54) is 0 Å². The first kappa shape index (κ1) is 16.9. The molecule has 0 heterocycles. The summed E-state index contributed by atoms with van der Waals surface area (Å²) in [6, 6.07) is 3.70. The molecule has 118 valence electrons. The van der Waals surface area contributed by atoms with Gasteiger partial charge in [-0.2, -0.15) is 0 Å². The van der Waals surface area contributed by atoms with Gasteiger partial charge in [-0.25, -0.2) is 4.79 Å². The number of amides is 2. The molecule has 0 aliphatic heterocycles. The van der Waals surface area contributed by atoms with Gasteiger partial charge in [0.2, 0.25) is 5.75 Å². The average molecular weight is 296 g/mol. The molecule has 0 saturated carbocycles. The van der Waals surface area contributed by atoms with Crippen LogP contribution in [0.25, 0.3) is 0 Å². The summed E-state index contributed by atoms with van der Waals surface area (Å²) in [5.41, 5.74) is 0.995. The number of carbonyl (C=O) groups excluding carboxylic acids is 1. The lowest BCUT2D eigenvalue weighted by Gasteiger charge is -2.14. The van der Waals surface area contributed by atoms with Crippen molar-refractivity contribution in [1.29, 1.82) is 0 Å². The summed E-state index contributed by atoms with van der Waals surface area (Å²) in [7, 11) is 4.72. The summed E-state index contributed by atoms with van der Waals surface area (Å²) in [6.07, 6.45) is 0.669. The van der Waals surface area contributed by atoms with E-state index in [1.807, 2.05) is 26.0 Å². The van der Waals surface area contributed by atoms with E-state index >= 15 is 0 Å². The third-order valence-electron chi connectivity index (χ3n) is 2.84. The highest BCUT2D eigenvalue weighted by molar-refractivity contribution is 5.74. The third-order valence-corrected chi connectivity index (χ3v) is 2.84. The Morgan fingerprint density at radius 1 is 1.10 bits per heavy atom. The highest BCUT2D eigenvalue weighted by Gasteiger charge is 2.13. The monoisotopic (exact) mass is 296 g/mol. The molecular weight excluding hydrogens is 272 g/mol. The summed E-state index contributed by atoms with van der Waals surface area (Å²) in [4.78, 5) is 11.5. The Hall–Kier alpha value is -2.11. The zero-order chi connectivity index (χ0) is 15.8. The molecule has 1 aromatic rings. The van der Waals surface area contributed by atoms with Crippen molar-refractivity contribution in [3.8, 4) is 17.2 Å². The van der Waals surface area contributed by atoms with Crippen molar-refractivity contribution in [2.24, 2.45) is 0 Å². The molecule has 0 bridgehead atoms. The van der Waals surface area contributed by atoms with Crippen LogP contribution in [0.15, 0.2) is 12.1 Å². The van der Waals surface area contributed by atoms with Crippen LogP contribution in [0.5, 0.6) is 17.2 Å². The molecule has 0 aliphatic rings. The maximum Gasteiger partial charge on any atom is 0.314 e. The lowest BCUT2D eigenvalue weighted by atomic mass is 10.1. The first-order valence-electron chi connectivity index (χ1n) is 6.85. The van der Waals surface area contributed by atoms with E-state index in [2.05, 4.69) is 10.6 Å². The Kier molecular flexibility index (Phi) is 6.65. The molecule has 0 fully saturated rings. The van der Waals surface area contributed by atoms with Crippen molar-refractivity contribution in [2.75, 3.05) is 27.9 Å². The second-order valence-electron chi connectivity index (χ2n) is 4.84. The minimum absolute atomic E-state index is 0.117. The van der Waals surface area contributed by atoms with Crippen LogP contribution in [0.4, 0.5) is 4.79 Å². The van der Waals surface area contributed by atoms with Crippen LogP contribution in [0.3, 0.4) is 0 Å². The van der Waals surface area contributed by atoms with Crippen molar-refractivity contribution in [3.63, 3.8) is 0 Å². The Morgan fingerprint density at radius 2 is 1.67 bits per heavy atom. The SMILES string of the molecule is COc1cc(CCNC(=O)NC(C)C)cc(OC)c1OC. The van der Waals surface area contributed by atoms with E-state index in [4.69, 9.17) is 14.2 Å². The van der Waals surface area contributed by atoms with E-state index in [1.54, 1.807) is 21.3 Å². The van der Waals surface area contributed by atoms with Crippen LogP contribution in [-0.2, 0) is 6.42 Å². The second kappa shape index (κ2) is 8.24. The number of hydrogen-bond donors (Lipinski definition) is 2. The third kappa shape index (κ3) is 5.06. The molecule has 0 radical (unpaired) electrons. The molecule has 0 aromatic heterocycles. The van der Waals surface area contributed by atoms with Crippen molar-refractivity contribution < 1.29 is 19.0 Å². The van der Waals surface area contributed by atoms with Crippen molar-refractivity contribution in [2.45, 2.75) is 26.3 Å². The summed E-state index contributed by atoms with van der Waals surface area (Å²) in [6.45, 7) is 4.36. The molecule has 0 unspecified atom stereocenters. The van der Waals surface area contributed by atoms with Crippen LogP contribution in [0.1, 0.15) is 19.4 Å². The van der Waals surface area contributed by atoms with E-state index < -0.39 is 0 Å². The molecule has 0 saturated heterocycles. The molecule has 21 heavy (non-hydrogen) atoms. The Morgan fingerprint density at radius 3 is 2.10 bits per heavy atom. The molecule has 1 rings (SSSR count). The van der Waals surface area contributed by atoms with Gasteiger partial charge in [0, 0.05) is 12.6 Å². The summed E-state index contributed by atoms with van der Waals surface area (Å²) in [5, 5.41) is 5.58. The van der Waals surface area contributed by atoms with Gasteiger partial charge < -0.3 is 24.8 Å². The smallest absolute Gasteiger partial charge is 0.314 e. The summed E-state index contributed by atoms with van der Waals surface area (Å²) < 4.78 is 15.9. The van der Waals surface area contributed by atoms with Crippen LogP contribution in [-0.4, -0.2) is 39.9 Å². The van der Waals surface area contributed by atoms with Gasteiger partial charge in [0.1, 0.15) is 0 Å². The lowest BCUT2D eigenvalue weighted by Crippen LogP contribution is -2.40.